The first-order valence-corrected chi connectivity index (χ1v) is 9.15. The van der Waals surface area contributed by atoms with Gasteiger partial charge in [0.05, 0.1) is 17.6 Å². The molecular weight excluding hydrogens is 364 g/mol. The van der Waals surface area contributed by atoms with E-state index in [9.17, 15) is 22.0 Å². The molecule has 0 N–H and O–H groups in total. The van der Waals surface area contributed by atoms with Crippen molar-refractivity contribution in [1.29, 1.82) is 0 Å². The van der Waals surface area contributed by atoms with Crippen molar-refractivity contribution in [2.24, 2.45) is 0 Å². The molecule has 140 valence electrons. The molecule has 0 amide bonds. The first kappa shape index (κ1) is 20.0. The number of nitrogens with zero attached hydrogens (tertiary/aromatic N) is 1. The standard InChI is InChI=1S/C18H19F2NO4S/c1-11-9-14(18(22)25-4)6-8-17(11)26(23,24)21(3)12(2)13-5-7-15(19)16(20)10-13/h5-10,12H,1-4H3. The molecule has 1 atom stereocenters. The molecule has 0 aromatic heterocycles. The number of halogens is 2. The Kier molecular flexibility index (Phi) is 5.77. The third-order valence-electron chi connectivity index (χ3n) is 4.22. The van der Waals surface area contributed by atoms with E-state index < -0.39 is 33.7 Å². The molecule has 0 bridgehead atoms. The van der Waals surface area contributed by atoms with Gasteiger partial charge in [0.25, 0.3) is 0 Å². The molecule has 0 radical (unpaired) electrons. The van der Waals surface area contributed by atoms with Gasteiger partial charge in [0.2, 0.25) is 10.0 Å². The van der Waals surface area contributed by atoms with Gasteiger partial charge in [-0.25, -0.2) is 22.0 Å². The van der Waals surface area contributed by atoms with E-state index in [0.29, 0.717) is 11.1 Å². The van der Waals surface area contributed by atoms with Crippen LogP contribution in [0.25, 0.3) is 0 Å². The molecule has 2 aromatic rings. The lowest BCUT2D eigenvalue weighted by Gasteiger charge is -2.25. The summed E-state index contributed by atoms with van der Waals surface area (Å²) in [5, 5.41) is 0. The Balaban J connectivity index is 2.39. The summed E-state index contributed by atoms with van der Waals surface area (Å²) in [6.07, 6.45) is 0. The van der Waals surface area contributed by atoms with Crippen LogP contribution < -0.4 is 0 Å². The van der Waals surface area contributed by atoms with Crippen molar-refractivity contribution >= 4 is 16.0 Å². The second-order valence-electron chi connectivity index (χ2n) is 5.84. The Bertz CT molecular complexity index is 944. The fourth-order valence-electron chi connectivity index (χ4n) is 2.53. The number of rotatable bonds is 5. The molecule has 0 saturated carbocycles. The molecule has 0 aliphatic carbocycles. The highest BCUT2D eigenvalue weighted by atomic mass is 32.2. The van der Waals surface area contributed by atoms with E-state index in [-0.39, 0.29) is 10.5 Å². The Morgan fingerprint density at radius 3 is 2.31 bits per heavy atom. The summed E-state index contributed by atoms with van der Waals surface area (Å²) in [4.78, 5) is 11.6. The van der Waals surface area contributed by atoms with Gasteiger partial charge in [-0.1, -0.05) is 6.07 Å². The highest BCUT2D eigenvalue weighted by molar-refractivity contribution is 7.89. The van der Waals surface area contributed by atoms with Gasteiger partial charge in [0, 0.05) is 13.1 Å². The smallest absolute Gasteiger partial charge is 0.337 e. The average Bonchev–Trinajstić information content (AvgIpc) is 2.61. The van der Waals surface area contributed by atoms with Crippen molar-refractivity contribution in [2.75, 3.05) is 14.2 Å². The molecule has 0 saturated heterocycles. The zero-order valence-electron chi connectivity index (χ0n) is 14.8. The van der Waals surface area contributed by atoms with Gasteiger partial charge in [-0.15, -0.1) is 0 Å². The van der Waals surface area contributed by atoms with E-state index >= 15 is 0 Å². The van der Waals surface area contributed by atoms with E-state index in [1.54, 1.807) is 13.8 Å². The Hall–Kier alpha value is -2.32. The fourth-order valence-corrected chi connectivity index (χ4v) is 4.08. The van der Waals surface area contributed by atoms with Gasteiger partial charge >= 0.3 is 5.97 Å². The third kappa shape index (κ3) is 3.76. The Morgan fingerprint density at radius 1 is 1.12 bits per heavy atom. The quantitative estimate of drug-likeness (QED) is 0.742. The molecule has 5 nitrogen and oxygen atoms in total. The van der Waals surface area contributed by atoms with Crippen LogP contribution in [0.3, 0.4) is 0 Å². The van der Waals surface area contributed by atoms with Crippen molar-refractivity contribution in [2.45, 2.75) is 24.8 Å². The summed E-state index contributed by atoms with van der Waals surface area (Å²) in [6.45, 7) is 3.14. The van der Waals surface area contributed by atoms with Crippen LogP contribution in [0.4, 0.5) is 8.78 Å². The number of carbonyl (C=O) groups is 1. The van der Waals surface area contributed by atoms with Crippen molar-refractivity contribution in [3.8, 4) is 0 Å². The number of benzene rings is 2. The minimum Gasteiger partial charge on any atom is -0.465 e. The van der Waals surface area contributed by atoms with E-state index in [0.717, 1.165) is 16.4 Å². The summed E-state index contributed by atoms with van der Waals surface area (Å²) in [5.74, 6) is -2.61. The summed E-state index contributed by atoms with van der Waals surface area (Å²) < 4.78 is 58.1. The van der Waals surface area contributed by atoms with Crippen LogP contribution in [0.1, 0.15) is 34.5 Å². The van der Waals surface area contributed by atoms with E-state index in [4.69, 9.17) is 0 Å². The van der Waals surface area contributed by atoms with E-state index in [1.165, 1.54) is 38.4 Å². The topological polar surface area (TPSA) is 63.7 Å². The maximum atomic E-state index is 13.5. The second kappa shape index (κ2) is 7.51. The number of hydrogen-bond donors (Lipinski definition) is 0. The molecule has 0 aliphatic heterocycles. The number of esters is 1. The molecule has 8 heteroatoms. The van der Waals surface area contributed by atoms with Crippen LogP contribution in [0.2, 0.25) is 0 Å². The van der Waals surface area contributed by atoms with Gasteiger partial charge in [-0.3, -0.25) is 0 Å². The zero-order chi connectivity index (χ0) is 19.6. The molecule has 26 heavy (non-hydrogen) atoms. The number of sulfonamides is 1. The first-order valence-electron chi connectivity index (χ1n) is 7.71. The lowest BCUT2D eigenvalue weighted by Crippen LogP contribution is -2.30. The molecule has 1 unspecified atom stereocenters. The van der Waals surface area contributed by atoms with Gasteiger partial charge < -0.3 is 4.74 Å². The van der Waals surface area contributed by atoms with Crippen LogP contribution >= 0.6 is 0 Å². The Morgan fingerprint density at radius 2 is 1.77 bits per heavy atom. The molecule has 2 aromatic carbocycles. The van der Waals surface area contributed by atoms with Crippen molar-refractivity contribution < 1.29 is 26.7 Å². The lowest BCUT2D eigenvalue weighted by molar-refractivity contribution is 0.0600. The molecule has 0 spiro atoms. The highest BCUT2D eigenvalue weighted by Gasteiger charge is 2.28. The summed E-state index contributed by atoms with van der Waals surface area (Å²) in [7, 11) is -1.33. The monoisotopic (exact) mass is 383 g/mol. The Labute approximate surface area is 151 Å². The molecular formula is C18H19F2NO4S. The predicted octanol–water partition coefficient (Wildman–Crippen LogP) is 3.44. The highest BCUT2D eigenvalue weighted by Crippen LogP contribution is 2.28. The number of aryl methyl sites for hydroxylation is 1. The first-order chi connectivity index (χ1) is 12.1. The van der Waals surface area contributed by atoms with E-state index in [1.807, 2.05) is 0 Å². The van der Waals surface area contributed by atoms with Crippen LogP contribution in [-0.4, -0.2) is 32.8 Å². The SMILES string of the molecule is COC(=O)c1ccc(S(=O)(=O)N(C)C(C)c2ccc(F)c(F)c2)c(C)c1. The minimum atomic E-state index is -3.92. The minimum absolute atomic E-state index is 0.0158. The summed E-state index contributed by atoms with van der Waals surface area (Å²) in [6, 6.07) is 6.65. The molecule has 0 aliphatic rings. The van der Waals surface area contributed by atoms with Crippen LogP contribution in [0.5, 0.6) is 0 Å². The van der Waals surface area contributed by atoms with E-state index in [2.05, 4.69) is 4.74 Å². The van der Waals surface area contributed by atoms with Crippen molar-refractivity contribution in [1.82, 2.24) is 4.31 Å². The fraction of sp³-hybridized carbons (Fsp3) is 0.278. The number of methoxy groups -OCH3 is 1. The zero-order valence-corrected chi connectivity index (χ0v) is 15.6. The van der Waals surface area contributed by atoms with Crippen LogP contribution in [0.15, 0.2) is 41.3 Å². The normalized spacial score (nSPS) is 12.9. The molecule has 0 heterocycles. The van der Waals surface area contributed by atoms with Crippen LogP contribution in [0, 0.1) is 18.6 Å². The number of hydrogen-bond acceptors (Lipinski definition) is 4. The van der Waals surface area contributed by atoms with Crippen molar-refractivity contribution in [3.05, 3.63) is 64.7 Å². The number of ether oxygens (including phenoxy) is 1. The largest absolute Gasteiger partial charge is 0.465 e. The van der Waals surface area contributed by atoms with Crippen LogP contribution in [-0.2, 0) is 14.8 Å². The van der Waals surface area contributed by atoms with Gasteiger partial charge in [-0.05, 0) is 55.3 Å². The summed E-state index contributed by atoms with van der Waals surface area (Å²) >= 11 is 0. The third-order valence-corrected chi connectivity index (χ3v) is 6.31. The van der Waals surface area contributed by atoms with Crippen molar-refractivity contribution in [3.63, 3.8) is 0 Å². The second-order valence-corrected chi connectivity index (χ2v) is 7.81. The molecule has 2 rings (SSSR count). The predicted molar refractivity (Wildman–Crippen MR) is 92.2 cm³/mol. The maximum Gasteiger partial charge on any atom is 0.337 e. The lowest BCUT2D eigenvalue weighted by atomic mass is 10.1. The summed E-state index contributed by atoms with van der Waals surface area (Å²) in [5.41, 5.74) is 0.927. The number of carbonyl (C=O) groups excluding carboxylic acids is 1. The molecule has 0 fully saturated rings. The van der Waals surface area contributed by atoms with Gasteiger partial charge in [0.1, 0.15) is 0 Å². The average molecular weight is 383 g/mol. The maximum absolute atomic E-state index is 13.5. The van der Waals surface area contributed by atoms with Gasteiger partial charge in [0.15, 0.2) is 11.6 Å². The van der Waals surface area contributed by atoms with Gasteiger partial charge in [-0.2, -0.15) is 4.31 Å².